The van der Waals surface area contributed by atoms with Crippen LogP contribution in [0.1, 0.15) is 12.5 Å². The van der Waals surface area contributed by atoms with Crippen molar-refractivity contribution in [1.82, 2.24) is 15.6 Å². The predicted octanol–water partition coefficient (Wildman–Crippen LogP) is -0.896. The van der Waals surface area contributed by atoms with Crippen molar-refractivity contribution in [2.24, 2.45) is 5.73 Å². The van der Waals surface area contributed by atoms with Gasteiger partial charge in [-0.1, -0.05) is 18.2 Å². The van der Waals surface area contributed by atoms with Crippen LogP contribution >= 0.6 is 0 Å². The summed E-state index contributed by atoms with van der Waals surface area (Å²) in [6.45, 7) is 0.714. The molecule has 1 aromatic carbocycles. The van der Waals surface area contributed by atoms with Crippen LogP contribution in [0.5, 0.6) is 0 Å². The molecule has 0 saturated carbocycles. The average Bonchev–Trinajstić information content (AvgIpc) is 3.01. The van der Waals surface area contributed by atoms with E-state index in [1.807, 2.05) is 24.3 Å². The molecule has 0 fully saturated rings. The van der Waals surface area contributed by atoms with Crippen molar-refractivity contribution < 1.29 is 24.6 Å². The van der Waals surface area contributed by atoms with Gasteiger partial charge in [0, 0.05) is 23.5 Å². The first kappa shape index (κ1) is 19.4. The van der Waals surface area contributed by atoms with E-state index in [1.54, 1.807) is 6.20 Å². The molecular weight excluding hydrogens is 340 g/mol. The van der Waals surface area contributed by atoms with Crippen LogP contribution in [0, 0.1) is 0 Å². The number of benzene rings is 1. The van der Waals surface area contributed by atoms with Gasteiger partial charge >= 0.3 is 5.97 Å². The van der Waals surface area contributed by atoms with Crippen LogP contribution in [0.25, 0.3) is 10.9 Å². The summed E-state index contributed by atoms with van der Waals surface area (Å²) < 4.78 is 0. The monoisotopic (exact) mass is 362 g/mol. The maximum atomic E-state index is 12.5. The van der Waals surface area contributed by atoms with Gasteiger partial charge in [0.15, 0.2) is 0 Å². The molecule has 2 aromatic rings. The quantitative estimate of drug-likeness (QED) is 0.357. The molecule has 0 aliphatic rings. The maximum Gasteiger partial charge on any atom is 0.328 e. The van der Waals surface area contributed by atoms with Gasteiger partial charge in [0.2, 0.25) is 11.8 Å². The Hall–Kier alpha value is -2.91. The first-order valence-corrected chi connectivity index (χ1v) is 8.08. The minimum absolute atomic E-state index is 0.131. The number of nitrogens with two attached hydrogens (primary N) is 1. The average molecular weight is 362 g/mol. The molecule has 2 amide bonds. The lowest BCUT2D eigenvalue weighted by Gasteiger charge is -2.21. The number of carbonyl (C=O) groups is 3. The summed E-state index contributed by atoms with van der Waals surface area (Å²) in [7, 11) is 0. The van der Waals surface area contributed by atoms with Crippen molar-refractivity contribution in [3.8, 4) is 0 Å². The molecule has 0 bridgehead atoms. The van der Waals surface area contributed by atoms with Crippen LogP contribution in [-0.2, 0) is 20.8 Å². The third kappa shape index (κ3) is 4.58. The number of aromatic nitrogens is 1. The highest BCUT2D eigenvalue weighted by molar-refractivity contribution is 5.92. The summed E-state index contributed by atoms with van der Waals surface area (Å²) in [5.41, 5.74) is 7.19. The number of hydrogen-bond donors (Lipinski definition) is 6. The molecule has 0 saturated heterocycles. The number of aromatic amines is 1. The lowest BCUT2D eigenvalue weighted by atomic mass is 10.0. The number of aliphatic hydroxyl groups is 1. The van der Waals surface area contributed by atoms with E-state index in [-0.39, 0.29) is 6.42 Å². The molecule has 1 aromatic heterocycles. The number of rotatable bonds is 8. The van der Waals surface area contributed by atoms with Gasteiger partial charge in [0.1, 0.15) is 12.1 Å². The number of para-hydroxylation sites is 1. The molecule has 1 heterocycles. The van der Waals surface area contributed by atoms with Crippen LogP contribution in [-0.4, -0.2) is 57.7 Å². The van der Waals surface area contributed by atoms with Crippen LogP contribution in [0.15, 0.2) is 30.5 Å². The number of aliphatic carboxylic acids is 1. The van der Waals surface area contributed by atoms with Crippen LogP contribution in [0.4, 0.5) is 0 Å². The molecule has 9 nitrogen and oxygen atoms in total. The van der Waals surface area contributed by atoms with E-state index < -0.39 is 42.5 Å². The highest BCUT2D eigenvalue weighted by atomic mass is 16.4. The SMILES string of the molecule is C[C@H](N)C(=O)N[C@@H](Cc1c[nH]c2ccccc12)C(=O)N[C@@H](CO)C(=O)O. The van der Waals surface area contributed by atoms with E-state index in [0.29, 0.717) is 0 Å². The van der Waals surface area contributed by atoms with Gasteiger partial charge in [-0.2, -0.15) is 0 Å². The number of carbonyl (C=O) groups excluding carboxylic acids is 2. The summed E-state index contributed by atoms with van der Waals surface area (Å²) in [4.78, 5) is 38.5. The smallest absolute Gasteiger partial charge is 0.328 e. The number of carboxylic acid groups (broad SMARTS) is 1. The molecule has 7 N–H and O–H groups in total. The van der Waals surface area contributed by atoms with E-state index in [1.165, 1.54) is 6.92 Å². The van der Waals surface area contributed by atoms with Gasteiger partial charge in [0.05, 0.1) is 12.6 Å². The molecule has 9 heteroatoms. The maximum absolute atomic E-state index is 12.5. The third-order valence-corrected chi connectivity index (χ3v) is 3.94. The fourth-order valence-corrected chi connectivity index (χ4v) is 2.49. The minimum Gasteiger partial charge on any atom is -0.480 e. The van der Waals surface area contributed by atoms with Crippen molar-refractivity contribution in [1.29, 1.82) is 0 Å². The predicted molar refractivity (Wildman–Crippen MR) is 94.2 cm³/mol. The largest absolute Gasteiger partial charge is 0.480 e. The molecule has 26 heavy (non-hydrogen) atoms. The van der Waals surface area contributed by atoms with E-state index in [4.69, 9.17) is 15.9 Å². The fourth-order valence-electron chi connectivity index (χ4n) is 2.49. The third-order valence-electron chi connectivity index (χ3n) is 3.94. The van der Waals surface area contributed by atoms with Gasteiger partial charge in [-0.3, -0.25) is 9.59 Å². The van der Waals surface area contributed by atoms with Crippen LogP contribution in [0.3, 0.4) is 0 Å². The zero-order chi connectivity index (χ0) is 19.3. The summed E-state index contributed by atoms with van der Waals surface area (Å²) in [5, 5.41) is 23.7. The van der Waals surface area contributed by atoms with Crippen molar-refractivity contribution in [3.05, 3.63) is 36.0 Å². The molecule has 0 unspecified atom stereocenters. The summed E-state index contributed by atoms with van der Waals surface area (Å²) in [6, 6.07) is 4.13. The highest BCUT2D eigenvalue weighted by Gasteiger charge is 2.27. The molecular formula is C17H22N4O5. The Morgan fingerprint density at radius 2 is 1.81 bits per heavy atom. The number of amides is 2. The number of hydrogen-bond acceptors (Lipinski definition) is 5. The van der Waals surface area contributed by atoms with Crippen molar-refractivity contribution in [2.75, 3.05) is 6.61 Å². The second kappa shape index (κ2) is 8.45. The molecule has 2 rings (SSSR count). The Kier molecular flexibility index (Phi) is 6.31. The molecule has 0 aliphatic heterocycles. The van der Waals surface area contributed by atoms with Gasteiger partial charge in [-0.05, 0) is 18.6 Å². The number of carboxylic acids is 1. The van der Waals surface area contributed by atoms with Crippen molar-refractivity contribution >= 4 is 28.7 Å². The Labute approximate surface area is 149 Å². The summed E-state index contributed by atoms with van der Waals surface area (Å²) in [6.07, 6.45) is 1.86. The first-order chi connectivity index (χ1) is 12.3. The minimum atomic E-state index is -1.46. The Bertz CT molecular complexity index is 801. The highest BCUT2D eigenvalue weighted by Crippen LogP contribution is 2.19. The van der Waals surface area contributed by atoms with E-state index in [0.717, 1.165) is 16.5 Å². The second-order valence-electron chi connectivity index (χ2n) is 6.00. The van der Waals surface area contributed by atoms with Gasteiger partial charge < -0.3 is 31.6 Å². The Morgan fingerprint density at radius 3 is 2.42 bits per heavy atom. The van der Waals surface area contributed by atoms with Gasteiger partial charge in [0.25, 0.3) is 0 Å². The van der Waals surface area contributed by atoms with Crippen LogP contribution in [0.2, 0.25) is 0 Å². The Morgan fingerprint density at radius 1 is 1.15 bits per heavy atom. The Balaban J connectivity index is 2.24. The number of aliphatic hydroxyl groups excluding tert-OH is 1. The molecule has 3 atom stereocenters. The van der Waals surface area contributed by atoms with E-state index in [9.17, 15) is 14.4 Å². The van der Waals surface area contributed by atoms with Gasteiger partial charge in [-0.25, -0.2) is 4.79 Å². The molecule has 0 spiro atoms. The van der Waals surface area contributed by atoms with Crippen LogP contribution < -0.4 is 16.4 Å². The molecule has 0 aliphatic carbocycles. The van der Waals surface area contributed by atoms with Gasteiger partial charge in [-0.15, -0.1) is 0 Å². The van der Waals surface area contributed by atoms with E-state index in [2.05, 4.69) is 15.6 Å². The normalized spacial score (nSPS) is 14.4. The topological polar surface area (TPSA) is 158 Å². The van der Waals surface area contributed by atoms with E-state index >= 15 is 0 Å². The lowest BCUT2D eigenvalue weighted by molar-refractivity contribution is -0.143. The zero-order valence-corrected chi connectivity index (χ0v) is 14.2. The number of fused-ring (bicyclic) bond motifs is 1. The fraction of sp³-hybridized carbons (Fsp3) is 0.353. The zero-order valence-electron chi connectivity index (χ0n) is 14.2. The first-order valence-electron chi connectivity index (χ1n) is 8.08. The standard InChI is InChI=1S/C17H22N4O5/c1-9(18)15(23)20-13(16(24)21-14(8-22)17(25)26)6-10-7-19-12-5-3-2-4-11(10)12/h2-5,7,9,13-14,19,22H,6,8,18H2,1H3,(H,20,23)(H,21,24)(H,25,26)/t9-,13-,14-/m0/s1. The second-order valence-corrected chi connectivity index (χ2v) is 6.00. The summed E-state index contributed by atoms with van der Waals surface area (Å²) >= 11 is 0. The molecule has 140 valence electrons. The molecule has 0 radical (unpaired) electrons. The number of nitrogens with one attached hydrogen (secondary N) is 3. The number of H-pyrrole nitrogens is 1. The van der Waals surface area contributed by atoms with Crippen molar-refractivity contribution in [3.63, 3.8) is 0 Å². The lowest BCUT2D eigenvalue weighted by Crippen LogP contribution is -2.55. The van der Waals surface area contributed by atoms with Crippen molar-refractivity contribution in [2.45, 2.75) is 31.5 Å². The summed E-state index contributed by atoms with van der Waals surface area (Å²) in [5.74, 6) is -2.63.